The topological polar surface area (TPSA) is 21.3 Å². The van der Waals surface area contributed by atoms with Crippen molar-refractivity contribution in [1.29, 1.82) is 0 Å². The molecule has 0 saturated heterocycles. The molecule has 92 valence electrons. The summed E-state index contributed by atoms with van der Waals surface area (Å²) in [6.45, 7) is 9.05. The summed E-state index contributed by atoms with van der Waals surface area (Å²) >= 11 is 5.64. The van der Waals surface area contributed by atoms with Crippen LogP contribution in [0, 0.1) is 0 Å². The quantitative estimate of drug-likeness (QED) is 0.800. The number of alkyl halides is 1. The van der Waals surface area contributed by atoms with E-state index in [2.05, 4.69) is 19.2 Å². The largest absolute Gasteiger partial charge is 0.494 e. The molecular weight excluding hydrogens is 222 g/mol. The van der Waals surface area contributed by atoms with Crippen molar-refractivity contribution in [2.45, 2.75) is 26.7 Å². The maximum atomic E-state index is 5.64. The minimum Gasteiger partial charge on any atom is -0.494 e. The van der Waals surface area contributed by atoms with E-state index in [1.165, 1.54) is 0 Å². The molecular formula is C13H22ClNO. The Kier molecular flexibility index (Phi) is 10.3. The van der Waals surface area contributed by atoms with Crippen LogP contribution in [0.2, 0.25) is 0 Å². The fourth-order valence-corrected chi connectivity index (χ4v) is 1.30. The van der Waals surface area contributed by atoms with Crippen LogP contribution in [0.4, 0.5) is 0 Å². The Morgan fingerprint density at radius 2 is 1.88 bits per heavy atom. The molecule has 0 unspecified atom stereocenters. The van der Waals surface area contributed by atoms with Crippen LogP contribution in [-0.4, -0.2) is 19.7 Å². The van der Waals surface area contributed by atoms with Crippen molar-refractivity contribution in [3.8, 4) is 5.75 Å². The SMILES string of the molecule is CCNCC.CCOc1cccc(CCl)c1. The third kappa shape index (κ3) is 7.55. The average molecular weight is 244 g/mol. The number of benzene rings is 1. The van der Waals surface area contributed by atoms with Gasteiger partial charge < -0.3 is 10.1 Å². The zero-order valence-corrected chi connectivity index (χ0v) is 11.2. The summed E-state index contributed by atoms with van der Waals surface area (Å²) < 4.78 is 5.29. The summed E-state index contributed by atoms with van der Waals surface area (Å²) in [4.78, 5) is 0. The molecule has 0 bridgehead atoms. The Balaban J connectivity index is 0.000000385. The number of hydrogen-bond donors (Lipinski definition) is 1. The second kappa shape index (κ2) is 10.8. The molecule has 0 aliphatic rings. The van der Waals surface area contributed by atoms with Crippen molar-refractivity contribution in [2.75, 3.05) is 19.7 Å². The second-order valence-corrected chi connectivity index (χ2v) is 3.44. The highest BCUT2D eigenvalue weighted by molar-refractivity contribution is 6.17. The Labute approximate surface area is 104 Å². The van der Waals surface area contributed by atoms with Crippen molar-refractivity contribution < 1.29 is 4.74 Å². The fourth-order valence-electron chi connectivity index (χ4n) is 1.14. The number of halogens is 1. The highest BCUT2D eigenvalue weighted by Crippen LogP contribution is 2.14. The van der Waals surface area contributed by atoms with Gasteiger partial charge >= 0.3 is 0 Å². The van der Waals surface area contributed by atoms with Gasteiger partial charge in [-0.05, 0) is 37.7 Å². The van der Waals surface area contributed by atoms with Crippen LogP contribution in [0.3, 0.4) is 0 Å². The van der Waals surface area contributed by atoms with Gasteiger partial charge in [0.25, 0.3) is 0 Å². The van der Waals surface area contributed by atoms with E-state index >= 15 is 0 Å². The Bertz CT molecular complexity index is 264. The fraction of sp³-hybridized carbons (Fsp3) is 0.538. The second-order valence-electron chi connectivity index (χ2n) is 3.17. The van der Waals surface area contributed by atoms with Crippen molar-refractivity contribution in [3.05, 3.63) is 29.8 Å². The lowest BCUT2D eigenvalue weighted by atomic mass is 10.2. The lowest BCUT2D eigenvalue weighted by Gasteiger charge is -2.02. The van der Waals surface area contributed by atoms with E-state index < -0.39 is 0 Å². The van der Waals surface area contributed by atoms with Gasteiger partial charge in [-0.1, -0.05) is 26.0 Å². The van der Waals surface area contributed by atoms with Gasteiger partial charge in [0.1, 0.15) is 5.75 Å². The molecule has 0 aliphatic heterocycles. The normalized spacial score (nSPS) is 9.25. The number of nitrogens with one attached hydrogen (secondary N) is 1. The maximum absolute atomic E-state index is 5.64. The van der Waals surface area contributed by atoms with Gasteiger partial charge in [0.2, 0.25) is 0 Å². The molecule has 0 amide bonds. The van der Waals surface area contributed by atoms with Crippen molar-refractivity contribution >= 4 is 11.6 Å². The molecule has 0 saturated carbocycles. The molecule has 16 heavy (non-hydrogen) atoms. The third-order valence-electron chi connectivity index (χ3n) is 1.86. The molecule has 2 nitrogen and oxygen atoms in total. The van der Waals surface area contributed by atoms with Gasteiger partial charge in [-0.15, -0.1) is 11.6 Å². The molecule has 3 heteroatoms. The van der Waals surface area contributed by atoms with E-state index in [0.29, 0.717) is 12.5 Å². The first kappa shape index (κ1) is 15.3. The summed E-state index contributed by atoms with van der Waals surface area (Å²) in [5.74, 6) is 1.44. The van der Waals surface area contributed by atoms with Crippen LogP contribution in [0.25, 0.3) is 0 Å². The van der Waals surface area contributed by atoms with E-state index in [0.717, 1.165) is 24.4 Å². The standard InChI is InChI=1S/C9H11ClO.C4H11N/c1-2-11-9-5-3-4-8(6-9)7-10;1-3-5-4-2/h3-6H,2,7H2,1H3;5H,3-4H2,1-2H3. The third-order valence-corrected chi connectivity index (χ3v) is 2.17. The highest BCUT2D eigenvalue weighted by atomic mass is 35.5. The van der Waals surface area contributed by atoms with Gasteiger partial charge in [0.05, 0.1) is 6.61 Å². The van der Waals surface area contributed by atoms with Crippen LogP contribution in [0.5, 0.6) is 5.75 Å². The summed E-state index contributed by atoms with van der Waals surface area (Å²) in [5, 5.41) is 3.11. The first-order valence-electron chi connectivity index (χ1n) is 5.76. The molecule has 0 heterocycles. The molecule has 1 rings (SSSR count). The van der Waals surface area contributed by atoms with Crippen LogP contribution in [0.1, 0.15) is 26.3 Å². The van der Waals surface area contributed by atoms with Gasteiger partial charge in [0, 0.05) is 5.88 Å². The Morgan fingerprint density at radius 3 is 2.31 bits per heavy atom. The maximum Gasteiger partial charge on any atom is 0.119 e. The van der Waals surface area contributed by atoms with Crippen LogP contribution < -0.4 is 10.1 Å². The summed E-state index contributed by atoms with van der Waals surface area (Å²) in [6, 6.07) is 7.81. The smallest absolute Gasteiger partial charge is 0.119 e. The van der Waals surface area contributed by atoms with Crippen LogP contribution >= 0.6 is 11.6 Å². The lowest BCUT2D eigenvalue weighted by Crippen LogP contribution is -2.09. The number of hydrogen-bond acceptors (Lipinski definition) is 2. The van der Waals surface area contributed by atoms with Gasteiger partial charge in [-0.25, -0.2) is 0 Å². The summed E-state index contributed by atoms with van der Waals surface area (Å²) in [7, 11) is 0. The number of rotatable bonds is 5. The van der Waals surface area contributed by atoms with E-state index in [9.17, 15) is 0 Å². The predicted octanol–water partition coefficient (Wildman–Crippen LogP) is 3.44. The zero-order chi connectivity index (χ0) is 12.2. The van der Waals surface area contributed by atoms with Crippen LogP contribution in [-0.2, 0) is 5.88 Å². The average Bonchev–Trinajstić information content (AvgIpc) is 2.32. The molecule has 0 radical (unpaired) electrons. The first-order valence-corrected chi connectivity index (χ1v) is 6.30. The van der Waals surface area contributed by atoms with E-state index in [4.69, 9.17) is 16.3 Å². The van der Waals surface area contributed by atoms with Crippen molar-refractivity contribution in [2.24, 2.45) is 0 Å². The Hall–Kier alpha value is -0.730. The number of ether oxygens (including phenoxy) is 1. The molecule has 1 N–H and O–H groups in total. The molecule has 0 aromatic heterocycles. The zero-order valence-electron chi connectivity index (χ0n) is 10.4. The summed E-state index contributed by atoms with van der Waals surface area (Å²) in [5.41, 5.74) is 1.10. The lowest BCUT2D eigenvalue weighted by molar-refractivity contribution is 0.340. The minimum absolute atomic E-state index is 0.543. The van der Waals surface area contributed by atoms with Crippen molar-refractivity contribution in [3.63, 3.8) is 0 Å². The van der Waals surface area contributed by atoms with Gasteiger partial charge in [-0.2, -0.15) is 0 Å². The highest BCUT2D eigenvalue weighted by Gasteiger charge is 1.93. The van der Waals surface area contributed by atoms with E-state index in [1.807, 2.05) is 31.2 Å². The van der Waals surface area contributed by atoms with E-state index in [-0.39, 0.29) is 0 Å². The molecule has 1 aromatic rings. The minimum atomic E-state index is 0.543. The predicted molar refractivity (Wildman–Crippen MR) is 71.4 cm³/mol. The van der Waals surface area contributed by atoms with E-state index in [1.54, 1.807) is 0 Å². The molecule has 0 fully saturated rings. The Morgan fingerprint density at radius 1 is 1.19 bits per heavy atom. The van der Waals surface area contributed by atoms with Gasteiger partial charge in [0.15, 0.2) is 0 Å². The first-order chi connectivity index (χ1) is 7.78. The van der Waals surface area contributed by atoms with Gasteiger partial charge in [-0.3, -0.25) is 0 Å². The monoisotopic (exact) mass is 243 g/mol. The molecule has 0 atom stereocenters. The molecule has 0 aliphatic carbocycles. The summed E-state index contributed by atoms with van der Waals surface area (Å²) in [6.07, 6.45) is 0. The molecule has 0 spiro atoms. The van der Waals surface area contributed by atoms with Crippen LogP contribution in [0.15, 0.2) is 24.3 Å². The molecule has 1 aromatic carbocycles. The van der Waals surface area contributed by atoms with Crippen molar-refractivity contribution in [1.82, 2.24) is 5.32 Å².